The van der Waals surface area contributed by atoms with Gasteiger partial charge < -0.3 is 4.52 Å². The second kappa shape index (κ2) is 4.08. The van der Waals surface area contributed by atoms with E-state index < -0.39 is 0 Å². The molecule has 13 heavy (non-hydrogen) atoms. The number of hydrogen-bond acceptors (Lipinski definition) is 2. The number of rotatable bonds is 0. The summed E-state index contributed by atoms with van der Waals surface area (Å²) in [5, 5.41) is 4.98. The van der Waals surface area contributed by atoms with Crippen LogP contribution >= 0.6 is 0 Å². The molecule has 2 rings (SSSR count). The fraction of sp³-hybridized carbons (Fsp3) is 0.364. The summed E-state index contributed by atoms with van der Waals surface area (Å²) in [7, 11) is 0. The maximum absolute atomic E-state index is 5.05. The molecule has 0 aliphatic carbocycles. The van der Waals surface area contributed by atoms with Gasteiger partial charge in [-0.3, -0.25) is 0 Å². The molecule has 2 heteroatoms. The van der Waals surface area contributed by atoms with Gasteiger partial charge in [0.2, 0.25) is 0 Å². The van der Waals surface area contributed by atoms with Gasteiger partial charge in [-0.15, -0.1) is 0 Å². The summed E-state index contributed by atoms with van der Waals surface area (Å²) >= 11 is 0. The van der Waals surface area contributed by atoms with Crippen LogP contribution in [0, 0.1) is 13.8 Å². The molecule has 0 N–H and O–H groups in total. The summed E-state index contributed by atoms with van der Waals surface area (Å²) in [6.07, 6.45) is 0. The third kappa shape index (κ3) is 1.89. The van der Waals surface area contributed by atoms with E-state index in [9.17, 15) is 0 Å². The van der Waals surface area contributed by atoms with Crippen molar-refractivity contribution in [1.82, 2.24) is 5.16 Å². The zero-order chi connectivity index (χ0) is 9.84. The molecule has 2 nitrogen and oxygen atoms in total. The first-order chi connectivity index (χ1) is 6.27. The number of fused-ring (bicyclic) bond motifs is 1. The van der Waals surface area contributed by atoms with E-state index in [-0.39, 0.29) is 0 Å². The molecule has 0 unspecified atom stereocenters. The molecule has 70 valence electrons. The van der Waals surface area contributed by atoms with Gasteiger partial charge >= 0.3 is 0 Å². The molecule has 1 heterocycles. The standard InChI is InChI=1S/C9H9NO.C2H6/c1-6-3-4-9-8(5-6)7(2)10-11-9;1-2/h3-5H,1-2H3;1-2H3. The highest BCUT2D eigenvalue weighted by Gasteiger charge is 2.01. The molecule has 0 atom stereocenters. The summed E-state index contributed by atoms with van der Waals surface area (Å²) in [4.78, 5) is 0. The highest BCUT2D eigenvalue weighted by atomic mass is 16.5. The summed E-state index contributed by atoms with van der Waals surface area (Å²) in [5.74, 6) is 0. The summed E-state index contributed by atoms with van der Waals surface area (Å²) in [5.41, 5.74) is 3.07. The molecule has 2 aromatic rings. The van der Waals surface area contributed by atoms with Gasteiger partial charge in [0.25, 0.3) is 0 Å². The van der Waals surface area contributed by atoms with Crippen molar-refractivity contribution in [3.05, 3.63) is 29.5 Å². The van der Waals surface area contributed by atoms with Crippen LogP contribution in [-0.2, 0) is 0 Å². The Morgan fingerprint density at radius 2 is 1.85 bits per heavy atom. The molecular weight excluding hydrogens is 162 g/mol. The van der Waals surface area contributed by atoms with E-state index in [1.807, 2.05) is 32.9 Å². The van der Waals surface area contributed by atoms with Gasteiger partial charge in [0, 0.05) is 5.39 Å². The van der Waals surface area contributed by atoms with Crippen molar-refractivity contribution in [3.8, 4) is 0 Å². The topological polar surface area (TPSA) is 26.0 Å². The number of aromatic nitrogens is 1. The molecule has 0 radical (unpaired) electrons. The average Bonchev–Trinajstić information content (AvgIpc) is 2.52. The highest BCUT2D eigenvalue weighted by molar-refractivity contribution is 5.79. The third-order valence-corrected chi connectivity index (χ3v) is 1.81. The van der Waals surface area contributed by atoms with Gasteiger partial charge in [0.05, 0.1) is 5.69 Å². The molecule has 0 fully saturated rings. The zero-order valence-electron chi connectivity index (χ0n) is 8.59. The predicted octanol–water partition coefficient (Wildman–Crippen LogP) is 3.47. The predicted molar refractivity (Wildman–Crippen MR) is 54.8 cm³/mol. The van der Waals surface area contributed by atoms with Crippen LogP contribution < -0.4 is 0 Å². The molecule has 0 aliphatic heterocycles. The van der Waals surface area contributed by atoms with Gasteiger partial charge in [0.1, 0.15) is 0 Å². The van der Waals surface area contributed by atoms with Crippen molar-refractivity contribution in [2.24, 2.45) is 0 Å². The van der Waals surface area contributed by atoms with Crippen molar-refractivity contribution in [3.63, 3.8) is 0 Å². The molecule has 0 amide bonds. The van der Waals surface area contributed by atoms with E-state index in [0.717, 1.165) is 16.7 Å². The number of aryl methyl sites for hydroxylation is 2. The van der Waals surface area contributed by atoms with Crippen molar-refractivity contribution in [2.75, 3.05) is 0 Å². The average molecular weight is 177 g/mol. The van der Waals surface area contributed by atoms with E-state index in [1.54, 1.807) is 0 Å². The fourth-order valence-corrected chi connectivity index (χ4v) is 1.17. The Morgan fingerprint density at radius 3 is 2.54 bits per heavy atom. The zero-order valence-corrected chi connectivity index (χ0v) is 8.59. The van der Waals surface area contributed by atoms with Crippen LogP contribution in [-0.4, -0.2) is 5.16 Å². The Labute approximate surface area is 78.5 Å². The second-order valence-electron chi connectivity index (χ2n) is 2.77. The van der Waals surface area contributed by atoms with Crippen molar-refractivity contribution in [1.29, 1.82) is 0 Å². The Bertz CT molecular complexity index is 390. The molecule has 1 aromatic heterocycles. The van der Waals surface area contributed by atoms with Gasteiger partial charge in [0.15, 0.2) is 5.58 Å². The first-order valence-corrected chi connectivity index (χ1v) is 4.60. The normalized spacial score (nSPS) is 9.54. The van der Waals surface area contributed by atoms with Crippen LogP contribution in [0.4, 0.5) is 0 Å². The van der Waals surface area contributed by atoms with E-state index in [2.05, 4.69) is 18.1 Å². The minimum Gasteiger partial charge on any atom is -0.356 e. The Hall–Kier alpha value is -1.31. The first-order valence-electron chi connectivity index (χ1n) is 4.60. The lowest BCUT2D eigenvalue weighted by atomic mass is 10.1. The number of nitrogens with zero attached hydrogens (tertiary/aromatic N) is 1. The molecule has 1 aromatic carbocycles. The monoisotopic (exact) mass is 177 g/mol. The maximum atomic E-state index is 5.05. The molecule has 0 bridgehead atoms. The van der Waals surface area contributed by atoms with Gasteiger partial charge in [-0.05, 0) is 26.0 Å². The first kappa shape index (κ1) is 9.78. The summed E-state index contributed by atoms with van der Waals surface area (Å²) in [6, 6.07) is 6.05. The Kier molecular flexibility index (Phi) is 3.07. The van der Waals surface area contributed by atoms with Crippen LogP contribution in [0.2, 0.25) is 0 Å². The lowest BCUT2D eigenvalue weighted by Gasteiger charge is -1.89. The minimum absolute atomic E-state index is 0.869. The highest BCUT2D eigenvalue weighted by Crippen LogP contribution is 2.18. The summed E-state index contributed by atoms with van der Waals surface area (Å²) in [6.45, 7) is 8.01. The van der Waals surface area contributed by atoms with Crippen LogP contribution in [0.3, 0.4) is 0 Å². The SMILES string of the molecule is CC.Cc1ccc2onc(C)c2c1. The Morgan fingerprint density at radius 1 is 1.15 bits per heavy atom. The van der Waals surface area contributed by atoms with Crippen LogP contribution in [0.5, 0.6) is 0 Å². The Balaban J connectivity index is 0.000000396. The number of hydrogen-bond donors (Lipinski definition) is 0. The molecular formula is C11H15NO. The largest absolute Gasteiger partial charge is 0.356 e. The van der Waals surface area contributed by atoms with Gasteiger partial charge in [-0.2, -0.15) is 0 Å². The molecule has 0 saturated heterocycles. The summed E-state index contributed by atoms with van der Waals surface area (Å²) < 4.78 is 5.05. The lowest BCUT2D eigenvalue weighted by Crippen LogP contribution is -1.72. The van der Waals surface area contributed by atoms with Crippen LogP contribution in [0.15, 0.2) is 22.7 Å². The van der Waals surface area contributed by atoms with Crippen molar-refractivity contribution in [2.45, 2.75) is 27.7 Å². The van der Waals surface area contributed by atoms with E-state index in [4.69, 9.17) is 4.52 Å². The molecule has 0 spiro atoms. The molecule has 0 saturated carbocycles. The lowest BCUT2D eigenvalue weighted by molar-refractivity contribution is 0.450. The smallest absolute Gasteiger partial charge is 0.167 e. The minimum atomic E-state index is 0.869. The van der Waals surface area contributed by atoms with Crippen molar-refractivity contribution < 1.29 is 4.52 Å². The van der Waals surface area contributed by atoms with E-state index in [1.165, 1.54) is 5.56 Å². The quantitative estimate of drug-likeness (QED) is 0.615. The molecule has 0 aliphatic rings. The third-order valence-electron chi connectivity index (χ3n) is 1.81. The second-order valence-corrected chi connectivity index (χ2v) is 2.77. The fourth-order valence-electron chi connectivity index (χ4n) is 1.17. The maximum Gasteiger partial charge on any atom is 0.167 e. The number of benzene rings is 1. The van der Waals surface area contributed by atoms with Crippen LogP contribution in [0.25, 0.3) is 11.0 Å². The van der Waals surface area contributed by atoms with Crippen molar-refractivity contribution >= 4 is 11.0 Å². The van der Waals surface area contributed by atoms with Gasteiger partial charge in [-0.1, -0.05) is 30.6 Å². The van der Waals surface area contributed by atoms with Gasteiger partial charge in [-0.25, -0.2) is 0 Å². The van der Waals surface area contributed by atoms with E-state index in [0.29, 0.717) is 0 Å². The van der Waals surface area contributed by atoms with E-state index >= 15 is 0 Å². The van der Waals surface area contributed by atoms with Crippen LogP contribution in [0.1, 0.15) is 25.1 Å².